The molecule has 23 heavy (non-hydrogen) atoms. The van der Waals surface area contributed by atoms with Gasteiger partial charge in [-0.15, -0.1) is 0 Å². The summed E-state index contributed by atoms with van der Waals surface area (Å²) in [5, 5.41) is 0. The number of benzene rings is 2. The van der Waals surface area contributed by atoms with Crippen LogP contribution in [0.2, 0.25) is 0 Å². The fourth-order valence-electron chi connectivity index (χ4n) is 2.83. The number of hydrogen-bond donors (Lipinski definition) is 0. The Hall–Kier alpha value is -0.910. The fourth-order valence-corrected chi connectivity index (χ4v) is 6.07. The molecule has 2 aromatic rings. The highest BCUT2D eigenvalue weighted by Crippen LogP contribution is 2.46. The van der Waals surface area contributed by atoms with Crippen molar-refractivity contribution >= 4 is 28.4 Å². The van der Waals surface area contributed by atoms with Crippen LogP contribution in [-0.2, 0) is 10.9 Å². The van der Waals surface area contributed by atoms with Gasteiger partial charge in [0, 0.05) is 5.56 Å². The molecule has 0 bridgehead atoms. The number of ether oxygens (including phenoxy) is 1. The Morgan fingerprint density at radius 1 is 1.04 bits per heavy atom. The van der Waals surface area contributed by atoms with E-state index in [0.717, 1.165) is 32.6 Å². The van der Waals surface area contributed by atoms with E-state index < -0.39 is 0 Å². The van der Waals surface area contributed by atoms with Crippen molar-refractivity contribution in [3.8, 4) is 11.5 Å². The van der Waals surface area contributed by atoms with Crippen LogP contribution in [0, 0.1) is 0 Å². The summed E-state index contributed by atoms with van der Waals surface area (Å²) in [5.41, 5.74) is 0.827. The Kier molecular flexibility index (Phi) is 5.39. The van der Waals surface area contributed by atoms with Gasteiger partial charge in [-0.05, 0) is 54.1 Å². The zero-order chi connectivity index (χ0) is 14.9. The van der Waals surface area contributed by atoms with Crippen molar-refractivity contribution < 1.29 is 26.5 Å². The summed E-state index contributed by atoms with van der Waals surface area (Å²) in [6.07, 6.45) is 2.59. The lowest BCUT2D eigenvalue weighted by Gasteiger charge is -2.19. The largest absolute Gasteiger partial charge is 1.00 e. The maximum absolute atomic E-state index is 12.5. The van der Waals surface area contributed by atoms with Crippen LogP contribution in [0.4, 0.5) is 0 Å². The maximum atomic E-state index is 12.5. The van der Waals surface area contributed by atoms with Crippen LogP contribution >= 0.6 is 11.8 Å². The molecule has 0 saturated carbocycles. The van der Waals surface area contributed by atoms with Crippen LogP contribution in [-0.4, -0.2) is 23.0 Å². The van der Waals surface area contributed by atoms with Gasteiger partial charge in [0.05, 0.1) is 9.79 Å². The lowest BCUT2D eigenvalue weighted by Crippen LogP contribution is -3.00. The number of rotatable bonds is 3. The van der Waals surface area contributed by atoms with Crippen molar-refractivity contribution in [3.05, 3.63) is 48.0 Å². The molecule has 2 heterocycles. The standard InChI is InChI=1S/C18H17O2S2.BrH/c19-14(12-22-9-3-4-10-22)13-7-8-16-18(11-13)21-17-6-2-1-5-15(17)20-16;/h1-2,5-8,11H,3-4,9-10,12H2;1H/q+1;/p-1. The summed E-state index contributed by atoms with van der Waals surface area (Å²) >= 11 is 1.68. The Morgan fingerprint density at radius 2 is 1.78 bits per heavy atom. The lowest BCUT2D eigenvalue weighted by atomic mass is 10.1. The van der Waals surface area contributed by atoms with Gasteiger partial charge in [0.25, 0.3) is 0 Å². The highest BCUT2D eigenvalue weighted by atomic mass is 79.9. The molecule has 0 radical (unpaired) electrons. The quantitative estimate of drug-likeness (QED) is 0.485. The minimum Gasteiger partial charge on any atom is -1.00 e. The number of hydrogen-bond acceptors (Lipinski definition) is 3. The Labute approximate surface area is 154 Å². The van der Waals surface area contributed by atoms with Crippen molar-refractivity contribution in [3.63, 3.8) is 0 Å². The van der Waals surface area contributed by atoms with E-state index in [1.165, 1.54) is 24.3 Å². The summed E-state index contributed by atoms with van der Waals surface area (Å²) in [7, 11) is 0.317. The molecule has 2 aliphatic heterocycles. The first kappa shape index (κ1) is 16.9. The van der Waals surface area contributed by atoms with E-state index in [2.05, 4.69) is 6.07 Å². The molecule has 0 aliphatic carbocycles. The molecule has 1 fully saturated rings. The van der Waals surface area contributed by atoms with Gasteiger partial charge in [0.15, 0.2) is 5.75 Å². The van der Waals surface area contributed by atoms with Crippen molar-refractivity contribution in [1.82, 2.24) is 0 Å². The summed E-state index contributed by atoms with van der Waals surface area (Å²) in [5.74, 6) is 5.23. The van der Waals surface area contributed by atoms with Gasteiger partial charge in [0.2, 0.25) is 5.78 Å². The van der Waals surface area contributed by atoms with Crippen LogP contribution < -0.4 is 21.7 Å². The monoisotopic (exact) mass is 408 g/mol. The zero-order valence-electron chi connectivity index (χ0n) is 12.6. The minimum atomic E-state index is 0. The molecule has 0 spiro atoms. The third-order valence-electron chi connectivity index (χ3n) is 4.01. The second-order valence-corrected chi connectivity index (χ2v) is 9.02. The number of fused-ring (bicyclic) bond motifs is 2. The van der Waals surface area contributed by atoms with E-state index in [9.17, 15) is 4.79 Å². The zero-order valence-corrected chi connectivity index (χ0v) is 15.8. The third-order valence-corrected chi connectivity index (χ3v) is 7.50. The van der Waals surface area contributed by atoms with Crippen LogP contribution in [0.5, 0.6) is 11.5 Å². The molecule has 0 aromatic heterocycles. The first-order valence-corrected chi connectivity index (χ1v) is 10.1. The number of Topliss-reactive ketones (excluding diaryl/α,β-unsaturated/α-hetero) is 1. The van der Waals surface area contributed by atoms with Gasteiger partial charge >= 0.3 is 0 Å². The van der Waals surface area contributed by atoms with Crippen molar-refractivity contribution in [2.45, 2.75) is 22.6 Å². The second kappa shape index (κ2) is 7.32. The van der Waals surface area contributed by atoms with Gasteiger partial charge in [-0.1, -0.05) is 23.9 Å². The third kappa shape index (κ3) is 3.62. The van der Waals surface area contributed by atoms with E-state index in [0.29, 0.717) is 10.9 Å². The number of para-hydroxylation sites is 1. The molecule has 2 aliphatic rings. The van der Waals surface area contributed by atoms with Crippen LogP contribution in [0.25, 0.3) is 0 Å². The molecule has 120 valence electrons. The smallest absolute Gasteiger partial charge is 0.211 e. The van der Waals surface area contributed by atoms with Gasteiger partial charge in [-0.3, -0.25) is 4.79 Å². The Bertz CT molecular complexity index is 727. The molecule has 4 rings (SSSR count). The summed E-state index contributed by atoms with van der Waals surface area (Å²) in [6, 6.07) is 13.9. The number of halogens is 1. The lowest BCUT2D eigenvalue weighted by molar-refractivity contribution is -0.0000127. The summed E-state index contributed by atoms with van der Waals surface area (Å²) in [6.45, 7) is 0. The Balaban J connectivity index is 0.00000156. The first-order valence-electron chi connectivity index (χ1n) is 7.56. The molecule has 0 amide bonds. The van der Waals surface area contributed by atoms with Gasteiger partial charge in [-0.25, -0.2) is 0 Å². The van der Waals surface area contributed by atoms with Crippen LogP contribution in [0.1, 0.15) is 23.2 Å². The molecular weight excluding hydrogens is 392 g/mol. The van der Waals surface area contributed by atoms with Crippen molar-refractivity contribution in [2.24, 2.45) is 0 Å². The average Bonchev–Trinajstić information content (AvgIpc) is 3.05. The predicted octanol–water partition coefficient (Wildman–Crippen LogP) is 1.54. The van der Waals surface area contributed by atoms with Gasteiger partial charge in [0.1, 0.15) is 23.0 Å². The normalized spacial score (nSPS) is 16.0. The number of carbonyl (C=O) groups is 1. The van der Waals surface area contributed by atoms with E-state index in [-0.39, 0.29) is 22.8 Å². The highest BCUT2D eigenvalue weighted by Gasteiger charge is 2.28. The van der Waals surface area contributed by atoms with E-state index in [1.54, 1.807) is 11.8 Å². The molecule has 0 atom stereocenters. The molecule has 5 heteroatoms. The molecular formula is C18H17BrO2S2. The van der Waals surface area contributed by atoms with Crippen molar-refractivity contribution in [1.29, 1.82) is 0 Å². The predicted molar refractivity (Wildman–Crippen MR) is 92.6 cm³/mol. The Morgan fingerprint density at radius 3 is 2.61 bits per heavy atom. The topological polar surface area (TPSA) is 26.3 Å². The van der Waals surface area contributed by atoms with E-state index >= 15 is 0 Å². The van der Waals surface area contributed by atoms with Gasteiger partial charge < -0.3 is 21.7 Å². The molecule has 0 unspecified atom stereocenters. The highest BCUT2D eigenvalue weighted by molar-refractivity contribution is 7.99. The summed E-state index contributed by atoms with van der Waals surface area (Å²) in [4.78, 5) is 14.6. The SMILES string of the molecule is O=C(C[S+]1CCCC1)c1ccc2c(c1)Sc1ccccc1O2.[Br-]. The minimum absolute atomic E-state index is 0. The van der Waals surface area contributed by atoms with E-state index in [4.69, 9.17) is 4.74 Å². The molecule has 0 N–H and O–H groups in total. The first-order chi connectivity index (χ1) is 10.8. The van der Waals surface area contributed by atoms with Crippen LogP contribution in [0.3, 0.4) is 0 Å². The molecule has 2 nitrogen and oxygen atoms in total. The molecule has 2 aromatic carbocycles. The molecule has 1 saturated heterocycles. The van der Waals surface area contributed by atoms with Crippen molar-refractivity contribution in [2.75, 3.05) is 17.3 Å². The second-order valence-electron chi connectivity index (χ2n) is 5.61. The van der Waals surface area contributed by atoms with Crippen LogP contribution in [0.15, 0.2) is 52.3 Å². The fraction of sp³-hybridized carbons (Fsp3) is 0.278. The summed E-state index contributed by atoms with van der Waals surface area (Å²) < 4.78 is 5.92. The number of carbonyl (C=O) groups excluding carboxylic acids is 1. The maximum Gasteiger partial charge on any atom is 0.211 e. The van der Waals surface area contributed by atoms with E-state index in [1.807, 2.05) is 36.4 Å². The average molecular weight is 409 g/mol. The van der Waals surface area contributed by atoms with Gasteiger partial charge in [-0.2, -0.15) is 0 Å². The number of ketones is 1.